The Hall–Kier alpha value is -0.120. The minimum absolute atomic E-state index is 0.136. The van der Waals surface area contributed by atoms with Crippen molar-refractivity contribution in [3.63, 3.8) is 0 Å². The van der Waals surface area contributed by atoms with Gasteiger partial charge in [0.25, 0.3) is 0 Å². The van der Waals surface area contributed by atoms with Gasteiger partial charge in [0, 0.05) is 19.6 Å². The molecule has 0 saturated carbocycles. The zero-order chi connectivity index (χ0) is 14.3. The molecule has 1 rings (SSSR count). The summed E-state index contributed by atoms with van der Waals surface area (Å²) in [6, 6.07) is 0. The van der Waals surface area contributed by atoms with Gasteiger partial charge in [-0.3, -0.25) is 0 Å². The lowest BCUT2D eigenvalue weighted by atomic mass is 9.83. The first-order valence-electron chi connectivity index (χ1n) is 8.12. The topological polar surface area (TPSA) is 35.5 Å². The van der Waals surface area contributed by atoms with E-state index in [4.69, 9.17) is 0 Å². The average Bonchev–Trinajstić information content (AvgIpc) is 2.34. The van der Waals surface area contributed by atoms with Crippen molar-refractivity contribution in [3.05, 3.63) is 0 Å². The van der Waals surface area contributed by atoms with Gasteiger partial charge in [-0.25, -0.2) is 0 Å². The van der Waals surface area contributed by atoms with Gasteiger partial charge in [0.1, 0.15) is 0 Å². The van der Waals surface area contributed by atoms with Gasteiger partial charge in [0.2, 0.25) is 0 Å². The van der Waals surface area contributed by atoms with Crippen LogP contribution < -0.4 is 5.32 Å². The van der Waals surface area contributed by atoms with Crippen molar-refractivity contribution in [1.29, 1.82) is 0 Å². The largest absolute Gasteiger partial charge is 0.392 e. The fourth-order valence-electron chi connectivity index (χ4n) is 3.19. The quantitative estimate of drug-likeness (QED) is 0.665. The molecule has 0 aromatic rings. The molecule has 3 atom stereocenters. The summed E-state index contributed by atoms with van der Waals surface area (Å²) in [6.45, 7) is 14.4. The molecule has 3 heteroatoms. The molecule has 3 nitrogen and oxygen atoms in total. The third-order valence-electron chi connectivity index (χ3n) is 4.44. The molecule has 1 aliphatic rings. The Morgan fingerprint density at radius 2 is 2.05 bits per heavy atom. The molecule has 0 aromatic heterocycles. The normalized spacial score (nSPS) is 28.3. The summed E-state index contributed by atoms with van der Waals surface area (Å²) >= 11 is 0. The molecule has 114 valence electrons. The Balaban J connectivity index is 2.47. The van der Waals surface area contributed by atoms with Crippen molar-refractivity contribution < 1.29 is 5.11 Å². The van der Waals surface area contributed by atoms with Crippen LogP contribution in [0.4, 0.5) is 0 Å². The Kier molecular flexibility index (Phi) is 7.33. The molecular weight excluding hydrogens is 236 g/mol. The molecule has 0 aliphatic carbocycles. The average molecular weight is 270 g/mol. The molecule has 0 radical (unpaired) electrons. The second-order valence-electron chi connectivity index (χ2n) is 6.81. The number of β-amino-alcohol motifs (C(OH)–C–C–N with tert-alkyl or cyclic N) is 1. The van der Waals surface area contributed by atoms with Gasteiger partial charge < -0.3 is 15.3 Å². The van der Waals surface area contributed by atoms with E-state index in [2.05, 4.69) is 37.9 Å². The van der Waals surface area contributed by atoms with Crippen molar-refractivity contribution in [3.8, 4) is 0 Å². The molecule has 19 heavy (non-hydrogen) atoms. The summed E-state index contributed by atoms with van der Waals surface area (Å²) in [4.78, 5) is 2.47. The SMILES string of the molecule is CCCNCC(C)(CCC)CN1CCC(C)C(O)C1. The number of hydrogen-bond acceptors (Lipinski definition) is 3. The van der Waals surface area contributed by atoms with Crippen LogP contribution in [0.1, 0.15) is 53.4 Å². The molecule has 1 aliphatic heterocycles. The number of aliphatic hydroxyl groups excluding tert-OH is 1. The number of piperidine rings is 1. The summed E-state index contributed by atoms with van der Waals surface area (Å²) in [6.07, 6.45) is 4.68. The number of aliphatic hydroxyl groups is 1. The highest BCUT2D eigenvalue weighted by Crippen LogP contribution is 2.27. The molecular formula is C16H34N2O. The van der Waals surface area contributed by atoms with Gasteiger partial charge in [0.05, 0.1) is 6.10 Å². The Labute approximate surface area is 119 Å². The van der Waals surface area contributed by atoms with E-state index >= 15 is 0 Å². The third-order valence-corrected chi connectivity index (χ3v) is 4.44. The maximum atomic E-state index is 10.0. The number of hydrogen-bond donors (Lipinski definition) is 2. The zero-order valence-corrected chi connectivity index (χ0v) is 13.4. The second kappa shape index (κ2) is 8.23. The Morgan fingerprint density at radius 3 is 2.63 bits per heavy atom. The van der Waals surface area contributed by atoms with Crippen LogP contribution in [0.5, 0.6) is 0 Å². The lowest BCUT2D eigenvalue weighted by Gasteiger charge is -2.40. The van der Waals surface area contributed by atoms with Gasteiger partial charge in [-0.05, 0) is 43.7 Å². The van der Waals surface area contributed by atoms with E-state index in [9.17, 15) is 5.11 Å². The highest BCUT2D eigenvalue weighted by molar-refractivity contribution is 4.85. The Morgan fingerprint density at radius 1 is 1.32 bits per heavy atom. The first kappa shape index (κ1) is 16.9. The first-order chi connectivity index (χ1) is 9.00. The van der Waals surface area contributed by atoms with Gasteiger partial charge in [-0.2, -0.15) is 0 Å². The summed E-state index contributed by atoms with van der Waals surface area (Å²) < 4.78 is 0. The Bertz CT molecular complexity index is 247. The molecule has 3 unspecified atom stereocenters. The third kappa shape index (κ3) is 5.80. The fraction of sp³-hybridized carbons (Fsp3) is 1.00. The second-order valence-corrected chi connectivity index (χ2v) is 6.81. The van der Waals surface area contributed by atoms with Crippen LogP contribution >= 0.6 is 0 Å². The van der Waals surface area contributed by atoms with Crippen molar-refractivity contribution in [2.75, 3.05) is 32.7 Å². The number of likely N-dealkylation sites (tertiary alicyclic amines) is 1. The number of nitrogens with one attached hydrogen (secondary N) is 1. The fourth-order valence-corrected chi connectivity index (χ4v) is 3.19. The smallest absolute Gasteiger partial charge is 0.0693 e. The molecule has 2 N–H and O–H groups in total. The van der Waals surface area contributed by atoms with E-state index in [1.54, 1.807) is 0 Å². The lowest BCUT2D eigenvalue weighted by Crippen LogP contribution is -2.49. The van der Waals surface area contributed by atoms with E-state index < -0.39 is 0 Å². The summed E-state index contributed by atoms with van der Waals surface area (Å²) in [5, 5.41) is 13.6. The van der Waals surface area contributed by atoms with Crippen LogP contribution in [-0.4, -0.2) is 48.8 Å². The standard InChI is InChI=1S/C16H34N2O/c1-5-8-16(4,12-17-9-6-2)13-18-10-7-14(3)15(19)11-18/h14-15,17,19H,5-13H2,1-4H3. The summed E-state index contributed by atoms with van der Waals surface area (Å²) in [5.41, 5.74) is 0.338. The van der Waals surface area contributed by atoms with Crippen LogP contribution in [0.3, 0.4) is 0 Å². The van der Waals surface area contributed by atoms with E-state index in [1.165, 1.54) is 19.3 Å². The van der Waals surface area contributed by atoms with Crippen molar-refractivity contribution in [2.24, 2.45) is 11.3 Å². The van der Waals surface area contributed by atoms with Crippen LogP contribution in [-0.2, 0) is 0 Å². The predicted octanol–water partition coefficient (Wildman–Crippen LogP) is 2.50. The highest BCUT2D eigenvalue weighted by Gasteiger charge is 2.30. The molecule has 1 fully saturated rings. The molecule has 0 bridgehead atoms. The van der Waals surface area contributed by atoms with Crippen LogP contribution in [0.2, 0.25) is 0 Å². The zero-order valence-electron chi connectivity index (χ0n) is 13.4. The lowest BCUT2D eigenvalue weighted by molar-refractivity contribution is 0.0107. The van der Waals surface area contributed by atoms with Gasteiger partial charge in [0.15, 0.2) is 0 Å². The van der Waals surface area contributed by atoms with Gasteiger partial charge >= 0.3 is 0 Å². The first-order valence-corrected chi connectivity index (χ1v) is 8.12. The van der Waals surface area contributed by atoms with Gasteiger partial charge in [-0.1, -0.05) is 34.1 Å². The van der Waals surface area contributed by atoms with E-state index in [-0.39, 0.29) is 6.10 Å². The van der Waals surface area contributed by atoms with Crippen LogP contribution in [0.25, 0.3) is 0 Å². The number of rotatable bonds is 8. The highest BCUT2D eigenvalue weighted by atomic mass is 16.3. The van der Waals surface area contributed by atoms with E-state index in [1.807, 2.05) is 0 Å². The van der Waals surface area contributed by atoms with E-state index in [0.29, 0.717) is 11.3 Å². The van der Waals surface area contributed by atoms with Crippen LogP contribution in [0, 0.1) is 11.3 Å². The maximum absolute atomic E-state index is 10.0. The maximum Gasteiger partial charge on any atom is 0.0693 e. The van der Waals surface area contributed by atoms with Crippen LogP contribution in [0.15, 0.2) is 0 Å². The molecule has 0 amide bonds. The predicted molar refractivity (Wildman–Crippen MR) is 82.4 cm³/mol. The summed E-state index contributed by atoms with van der Waals surface area (Å²) in [7, 11) is 0. The minimum Gasteiger partial charge on any atom is -0.392 e. The molecule has 0 spiro atoms. The molecule has 1 saturated heterocycles. The van der Waals surface area contributed by atoms with Crippen molar-refractivity contribution in [2.45, 2.75) is 59.5 Å². The molecule has 0 aromatic carbocycles. The van der Waals surface area contributed by atoms with Crippen molar-refractivity contribution >= 4 is 0 Å². The van der Waals surface area contributed by atoms with Crippen molar-refractivity contribution in [1.82, 2.24) is 10.2 Å². The minimum atomic E-state index is -0.136. The number of nitrogens with zero attached hydrogens (tertiary/aromatic N) is 1. The van der Waals surface area contributed by atoms with E-state index in [0.717, 1.165) is 39.1 Å². The monoisotopic (exact) mass is 270 g/mol. The summed E-state index contributed by atoms with van der Waals surface area (Å²) in [5.74, 6) is 0.465. The molecule has 1 heterocycles. The van der Waals surface area contributed by atoms with Gasteiger partial charge in [-0.15, -0.1) is 0 Å².